The second kappa shape index (κ2) is 8.49. The van der Waals surface area contributed by atoms with Crippen molar-refractivity contribution in [2.75, 3.05) is 31.5 Å². The Hall–Kier alpha value is -2.12. The molecule has 7 heteroatoms. The van der Waals surface area contributed by atoms with Crippen LogP contribution in [0.4, 0.5) is 5.69 Å². The molecule has 1 aliphatic heterocycles. The monoisotopic (exact) mass is 403 g/mol. The van der Waals surface area contributed by atoms with Gasteiger partial charge in [-0.25, -0.2) is 13.4 Å². The Morgan fingerprint density at radius 2 is 1.86 bits per heavy atom. The fourth-order valence-electron chi connectivity index (χ4n) is 3.44. The Labute approximate surface area is 168 Å². The van der Waals surface area contributed by atoms with E-state index in [0.29, 0.717) is 17.5 Å². The van der Waals surface area contributed by atoms with Gasteiger partial charge in [0.2, 0.25) is 5.88 Å². The van der Waals surface area contributed by atoms with E-state index in [1.54, 1.807) is 12.1 Å². The number of benzene rings is 1. The molecule has 0 aliphatic carbocycles. The molecule has 0 radical (unpaired) electrons. The molecule has 1 aromatic heterocycles. The smallest absolute Gasteiger partial charge is 0.262 e. The SMILES string of the molecule is CCN1CCc2cc(NS(=O)(=O)c3ccc(C(C)C)cc3)c(OC)nc2CC1. The molecule has 2 heterocycles. The van der Waals surface area contributed by atoms with Crippen LogP contribution in [0.2, 0.25) is 0 Å². The minimum absolute atomic E-state index is 0.228. The first-order valence-electron chi connectivity index (χ1n) is 9.76. The van der Waals surface area contributed by atoms with Crippen molar-refractivity contribution < 1.29 is 13.2 Å². The summed E-state index contributed by atoms with van der Waals surface area (Å²) in [5, 5.41) is 0. The molecule has 6 nitrogen and oxygen atoms in total. The molecule has 0 atom stereocenters. The Morgan fingerprint density at radius 1 is 1.18 bits per heavy atom. The summed E-state index contributed by atoms with van der Waals surface area (Å²) in [6, 6.07) is 8.86. The number of nitrogens with one attached hydrogen (secondary N) is 1. The zero-order chi connectivity index (χ0) is 20.3. The highest BCUT2D eigenvalue weighted by Crippen LogP contribution is 2.29. The predicted octanol–water partition coefficient (Wildman–Crippen LogP) is 3.43. The third kappa shape index (κ3) is 4.47. The highest BCUT2D eigenvalue weighted by molar-refractivity contribution is 7.92. The van der Waals surface area contributed by atoms with Gasteiger partial charge in [0.1, 0.15) is 5.69 Å². The molecule has 0 saturated carbocycles. The van der Waals surface area contributed by atoms with Crippen LogP contribution >= 0.6 is 0 Å². The van der Waals surface area contributed by atoms with E-state index in [0.717, 1.165) is 49.3 Å². The summed E-state index contributed by atoms with van der Waals surface area (Å²) < 4.78 is 33.8. The number of hydrogen-bond donors (Lipinski definition) is 1. The van der Waals surface area contributed by atoms with Gasteiger partial charge in [0, 0.05) is 25.2 Å². The van der Waals surface area contributed by atoms with Crippen LogP contribution in [-0.2, 0) is 22.9 Å². The number of sulfonamides is 1. The number of nitrogens with zero attached hydrogens (tertiary/aromatic N) is 2. The topological polar surface area (TPSA) is 71.5 Å². The van der Waals surface area contributed by atoms with E-state index >= 15 is 0 Å². The zero-order valence-corrected chi connectivity index (χ0v) is 17.8. The van der Waals surface area contributed by atoms with E-state index in [1.165, 1.54) is 7.11 Å². The van der Waals surface area contributed by atoms with Crippen molar-refractivity contribution in [2.24, 2.45) is 0 Å². The zero-order valence-electron chi connectivity index (χ0n) is 17.0. The fraction of sp³-hybridized carbons (Fsp3) is 0.476. The standard InChI is InChI=1S/C21H29N3O3S/c1-5-24-12-10-17-14-20(21(27-4)22-19(17)11-13-24)23-28(25,26)18-8-6-16(7-9-18)15(2)3/h6-9,14-15,23H,5,10-13H2,1-4H3. The van der Waals surface area contributed by atoms with Crippen LogP contribution in [0.1, 0.15) is 43.5 Å². The molecule has 3 rings (SSSR count). The molecule has 0 bridgehead atoms. The van der Waals surface area contributed by atoms with Gasteiger partial charge in [-0.15, -0.1) is 0 Å². The lowest BCUT2D eigenvalue weighted by Gasteiger charge is -2.16. The first-order chi connectivity index (χ1) is 13.3. The predicted molar refractivity (Wildman–Crippen MR) is 112 cm³/mol. The van der Waals surface area contributed by atoms with Gasteiger partial charge in [0.05, 0.1) is 12.0 Å². The van der Waals surface area contributed by atoms with Crippen molar-refractivity contribution in [1.29, 1.82) is 0 Å². The van der Waals surface area contributed by atoms with Crippen molar-refractivity contribution in [1.82, 2.24) is 9.88 Å². The number of methoxy groups -OCH3 is 1. The summed E-state index contributed by atoms with van der Waals surface area (Å²) in [5.74, 6) is 0.660. The lowest BCUT2D eigenvalue weighted by Crippen LogP contribution is -2.25. The van der Waals surface area contributed by atoms with Crippen molar-refractivity contribution in [3.63, 3.8) is 0 Å². The highest BCUT2D eigenvalue weighted by atomic mass is 32.2. The maximum atomic E-state index is 12.9. The number of pyridine rings is 1. The second-order valence-electron chi connectivity index (χ2n) is 7.41. The number of rotatable bonds is 6. The molecule has 1 N–H and O–H groups in total. The van der Waals surface area contributed by atoms with Crippen LogP contribution in [0.25, 0.3) is 0 Å². The number of hydrogen-bond acceptors (Lipinski definition) is 5. The normalized spacial score (nSPS) is 15.2. The van der Waals surface area contributed by atoms with E-state index < -0.39 is 10.0 Å². The van der Waals surface area contributed by atoms with Crippen LogP contribution in [0.15, 0.2) is 35.2 Å². The highest BCUT2D eigenvalue weighted by Gasteiger charge is 2.21. The third-order valence-electron chi connectivity index (χ3n) is 5.26. The average Bonchev–Trinajstić information content (AvgIpc) is 2.88. The number of anilines is 1. The van der Waals surface area contributed by atoms with Gasteiger partial charge in [0.15, 0.2) is 0 Å². The number of aromatic nitrogens is 1. The average molecular weight is 404 g/mol. The summed E-state index contributed by atoms with van der Waals surface area (Å²) >= 11 is 0. The van der Waals surface area contributed by atoms with Crippen LogP contribution < -0.4 is 9.46 Å². The van der Waals surface area contributed by atoms with E-state index in [4.69, 9.17) is 4.74 Å². The first kappa shape index (κ1) is 20.6. The van der Waals surface area contributed by atoms with Gasteiger partial charge >= 0.3 is 0 Å². The number of likely N-dealkylation sites (N-methyl/N-ethyl adjacent to an activating group) is 1. The summed E-state index contributed by atoms with van der Waals surface area (Å²) in [7, 11) is -2.21. The van der Waals surface area contributed by atoms with Crippen LogP contribution in [-0.4, -0.2) is 45.0 Å². The largest absolute Gasteiger partial charge is 0.479 e. The molecule has 0 spiro atoms. The quantitative estimate of drug-likeness (QED) is 0.800. The Balaban J connectivity index is 1.90. The minimum atomic E-state index is -3.72. The van der Waals surface area contributed by atoms with Gasteiger partial charge in [-0.1, -0.05) is 32.9 Å². The molecule has 28 heavy (non-hydrogen) atoms. The molecule has 1 aromatic carbocycles. The van der Waals surface area contributed by atoms with E-state index in [2.05, 4.69) is 35.4 Å². The molecule has 0 amide bonds. The van der Waals surface area contributed by atoms with Crippen LogP contribution in [0.5, 0.6) is 5.88 Å². The van der Waals surface area contributed by atoms with Gasteiger partial charge < -0.3 is 9.64 Å². The maximum absolute atomic E-state index is 12.9. The van der Waals surface area contributed by atoms with Gasteiger partial charge in [-0.3, -0.25) is 4.72 Å². The lowest BCUT2D eigenvalue weighted by molar-refractivity contribution is 0.303. The van der Waals surface area contributed by atoms with Crippen molar-refractivity contribution >= 4 is 15.7 Å². The lowest BCUT2D eigenvalue weighted by atomic mass is 10.0. The third-order valence-corrected chi connectivity index (χ3v) is 6.64. The molecule has 1 aliphatic rings. The molecule has 2 aromatic rings. The number of ether oxygens (including phenoxy) is 1. The van der Waals surface area contributed by atoms with Crippen molar-refractivity contribution in [2.45, 2.75) is 44.4 Å². The Bertz CT molecular complexity index is 925. The number of fused-ring (bicyclic) bond motifs is 1. The Morgan fingerprint density at radius 3 is 2.46 bits per heavy atom. The first-order valence-corrected chi connectivity index (χ1v) is 11.2. The summed E-state index contributed by atoms with van der Waals surface area (Å²) in [5.41, 5.74) is 3.55. The van der Waals surface area contributed by atoms with Crippen molar-refractivity contribution in [3.05, 3.63) is 47.2 Å². The van der Waals surface area contributed by atoms with Crippen LogP contribution in [0, 0.1) is 0 Å². The second-order valence-corrected chi connectivity index (χ2v) is 9.10. The van der Waals surface area contributed by atoms with Gasteiger partial charge in [0.25, 0.3) is 10.0 Å². The molecule has 152 valence electrons. The van der Waals surface area contributed by atoms with Gasteiger partial charge in [-0.2, -0.15) is 0 Å². The van der Waals surface area contributed by atoms with Crippen LogP contribution in [0.3, 0.4) is 0 Å². The molecule has 0 unspecified atom stereocenters. The molecule has 0 fully saturated rings. The molecule has 0 saturated heterocycles. The van der Waals surface area contributed by atoms with E-state index in [9.17, 15) is 8.42 Å². The molecular weight excluding hydrogens is 374 g/mol. The minimum Gasteiger partial charge on any atom is -0.479 e. The maximum Gasteiger partial charge on any atom is 0.262 e. The van der Waals surface area contributed by atoms with E-state index in [-0.39, 0.29) is 4.90 Å². The Kier molecular flexibility index (Phi) is 6.25. The van der Waals surface area contributed by atoms with E-state index in [1.807, 2.05) is 18.2 Å². The van der Waals surface area contributed by atoms with Gasteiger partial charge in [-0.05, 0) is 48.2 Å². The summed E-state index contributed by atoms with van der Waals surface area (Å²) in [6.07, 6.45) is 1.68. The molecular formula is C21H29N3O3S. The van der Waals surface area contributed by atoms with Crippen molar-refractivity contribution in [3.8, 4) is 5.88 Å². The summed E-state index contributed by atoms with van der Waals surface area (Å²) in [4.78, 5) is 7.20. The summed E-state index contributed by atoms with van der Waals surface area (Å²) in [6.45, 7) is 9.19. The fourth-order valence-corrected chi connectivity index (χ4v) is 4.49.